The number of likely N-dealkylation sites (N-methyl/N-ethyl adjacent to an activating group) is 4. The molecule has 1 spiro atoms. The van der Waals surface area contributed by atoms with Crippen molar-refractivity contribution in [3.8, 4) is 0 Å². The maximum absolute atomic E-state index is 12.7. The first-order chi connectivity index (χ1) is 14.1. The van der Waals surface area contributed by atoms with Crippen LogP contribution in [0.15, 0.2) is 0 Å². The highest BCUT2D eigenvalue weighted by molar-refractivity contribution is 5.87. The van der Waals surface area contributed by atoms with Crippen molar-refractivity contribution in [3.63, 3.8) is 0 Å². The molecular weight excluding hydrogens is 392 g/mol. The van der Waals surface area contributed by atoms with Crippen LogP contribution in [0, 0.1) is 0 Å². The van der Waals surface area contributed by atoms with Crippen LogP contribution in [0.1, 0.15) is 19.8 Å². The molecule has 0 N–H and O–H groups in total. The second-order valence-corrected chi connectivity index (χ2v) is 8.37. The van der Waals surface area contributed by atoms with Crippen LogP contribution >= 0.6 is 0 Å². The second-order valence-electron chi connectivity index (χ2n) is 8.37. The number of carbonyl (C=O) groups excluding carboxylic acids is 4. The summed E-state index contributed by atoms with van der Waals surface area (Å²) in [5.74, 6) is -3.69. The fourth-order valence-electron chi connectivity index (χ4n) is 3.66. The zero-order valence-corrected chi connectivity index (χ0v) is 18.5. The van der Waals surface area contributed by atoms with Gasteiger partial charge in [-0.25, -0.2) is 0 Å². The van der Waals surface area contributed by atoms with Crippen LogP contribution in [-0.2, 0) is 28.7 Å². The van der Waals surface area contributed by atoms with E-state index >= 15 is 0 Å². The molecule has 30 heavy (non-hydrogen) atoms. The number of ether oxygens (including phenoxy) is 2. The van der Waals surface area contributed by atoms with Gasteiger partial charge in [-0.05, 0) is 27.7 Å². The van der Waals surface area contributed by atoms with Gasteiger partial charge in [0.2, 0.25) is 0 Å². The summed E-state index contributed by atoms with van der Waals surface area (Å²) in [7, 11) is 5.39. The fraction of sp³-hybridized carbons (Fsp3) is 0.800. The summed E-state index contributed by atoms with van der Waals surface area (Å²) in [5, 5.41) is 0. The molecule has 0 bridgehead atoms. The molecule has 1 atom stereocenters. The minimum absolute atomic E-state index is 0.00811. The summed E-state index contributed by atoms with van der Waals surface area (Å²) in [6.07, 6.45) is -0.694. The average Bonchev–Trinajstić information content (AvgIpc) is 2.64. The van der Waals surface area contributed by atoms with Gasteiger partial charge in [-0.15, -0.1) is 0 Å². The fourth-order valence-corrected chi connectivity index (χ4v) is 3.66. The van der Waals surface area contributed by atoms with Crippen molar-refractivity contribution in [2.24, 2.45) is 0 Å². The molecule has 0 aromatic rings. The number of hydrogen-bond donors (Lipinski definition) is 0. The van der Waals surface area contributed by atoms with E-state index in [9.17, 15) is 19.2 Å². The van der Waals surface area contributed by atoms with Crippen LogP contribution in [0.2, 0.25) is 0 Å². The summed E-state index contributed by atoms with van der Waals surface area (Å²) in [4.78, 5) is 58.1. The lowest BCUT2D eigenvalue weighted by atomic mass is 10.0. The monoisotopic (exact) mass is 426 g/mol. The highest BCUT2D eigenvalue weighted by Gasteiger charge is 2.44. The Balaban J connectivity index is 2.37. The zero-order chi connectivity index (χ0) is 22.3. The lowest BCUT2D eigenvalue weighted by molar-refractivity contribution is -0.231. The topological polar surface area (TPSA) is 99.7 Å². The third-order valence-electron chi connectivity index (χ3n) is 5.29. The summed E-state index contributed by atoms with van der Waals surface area (Å²) in [5.41, 5.74) is 0. The van der Waals surface area contributed by atoms with Gasteiger partial charge in [0.05, 0.1) is 39.0 Å². The van der Waals surface area contributed by atoms with Crippen LogP contribution in [0.4, 0.5) is 0 Å². The molecule has 1 unspecified atom stereocenters. The van der Waals surface area contributed by atoms with Crippen LogP contribution in [0.25, 0.3) is 0 Å². The van der Waals surface area contributed by atoms with Crippen molar-refractivity contribution in [1.29, 1.82) is 0 Å². The van der Waals surface area contributed by atoms with Gasteiger partial charge < -0.3 is 9.47 Å². The molecule has 2 aliphatic heterocycles. The highest BCUT2D eigenvalue weighted by atomic mass is 16.7. The van der Waals surface area contributed by atoms with E-state index < -0.39 is 17.7 Å². The van der Waals surface area contributed by atoms with Gasteiger partial charge in [-0.3, -0.25) is 38.8 Å². The number of carbonyl (C=O) groups is 4. The first-order valence-electron chi connectivity index (χ1n) is 10.4. The van der Waals surface area contributed by atoms with Crippen molar-refractivity contribution in [3.05, 3.63) is 0 Å². The quantitative estimate of drug-likeness (QED) is 0.477. The van der Waals surface area contributed by atoms with Gasteiger partial charge >= 0.3 is 11.9 Å². The third kappa shape index (κ3) is 7.75. The second kappa shape index (κ2) is 10.9. The molecule has 2 saturated heterocycles. The van der Waals surface area contributed by atoms with Crippen LogP contribution in [0.5, 0.6) is 0 Å². The minimum atomic E-state index is -1.92. The van der Waals surface area contributed by atoms with E-state index in [-0.39, 0.29) is 50.6 Å². The summed E-state index contributed by atoms with van der Waals surface area (Å²) in [6, 6.07) is 0. The number of nitrogens with zero attached hydrogens (tertiary/aromatic N) is 4. The van der Waals surface area contributed by atoms with Crippen molar-refractivity contribution in [2.75, 3.05) is 80.0 Å². The SMILES string of the molecule is CCN1CCN(C)CC(=O)CC2(CC(=O)CN(C)CCN(C)CC(=O)O2)OC(=O)C1. The van der Waals surface area contributed by atoms with E-state index in [1.165, 1.54) is 0 Å². The maximum Gasteiger partial charge on any atom is 0.323 e. The normalized spacial score (nSPS) is 28.5. The predicted molar refractivity (Wildman–Crippen MR) is 109 cm³/mol. The lowest BCUT2D eigenvalue weighted by Gasteiger charge is -2.33. The number of Topliss-reactive ketones (excluding diaryl/α,β-unsaturated/α-hetero) is 2. The summed E-state index contributed by atoms with van der Waals surface area (Å²) in [6.45, 7) is 5.10. The van der Waals surface area contributed by atoms with Gasteiger partial charge in [-0.2, -0.15) is 0 Å². The first-order valence-corrected chi connectivity index (χ1v) is 10.4. The molecule has 170 valence electrons. The van der Waals surface area contributed by atoms with Crippen molar-refractivity contribution in [2.45, 2.75) is 25.6 Å². The Hall–Kier alpha value is -1.88. The van der Waals surface area contributed by atoms with Gasteiger partial charge in [0.1, 0.15) is 0 Å². The minimum Gasteiger partial charge on any atom is -0.421 e. The standard InChI is InChI=1S/C20H34N4O6/c1-5-24-9-8-22(3)13-17(26)11-20(30-19(28)15-24)10-16(25)12-21(2)6-7-23(4)14-18(27)29-20/h5-15H2,1-4H3. The molecule has 2 rings (SSSR count). The Morgan fingerprint density at radius 2 is 1.13 bits per heavy atom. The molecule has 10 nitrogen and oxygen atoms in total. The van der Waals surface area contributed by atoms with E-state index in [0.717, 1.165) is 0 Å². The van der Waals surface area contributed by atoms with E-state index in [1.807, 2.05) is 35.7 Å². The highest BCUT2D eigenvalue weighted by Crippen LogP contribution is 2.26. The van der Waals surface area contributed by atoms with Crippen LogP contribution in [-0.4, -0.2) is 129 Å². The predicted octanol–water partition coefficient (Wildman–Crippen LogP) is -1.17. The number of ketones is 2. The molecule has 0 aromatic carbocycles. The Bertz CT molecular complexity index is 624. The van der Waals surface area contributed by atoms with Crippen molar-refractivity contribution in [1.82, 2.24) is 19.6 Å². The molecule has 2 aliphatic rings. The van der Waals surface area contributed by atoms with Gasteiger partial charge in [0.25, 0.3) is 5.79 Å². The molecule has 0 amide bonds. The van der Waals surface area contributed by atoms with Crippen LogP contribution in [0.3, 0.4) is 0 Å². The average molecular weight is 427 g/mol. The van der Waals surface area contributed by atoms with E-state index in [2.05, 4.69) is 0 Å². The van der Waals surface area contributed by atoms with Gasteiger partial charge in [-0.1, -0.05) is 6.92 Å². The summed E-state index contributed by atoms with van der Waals surface area (Å²) >= 11 is 0. The zero-order valence-electron chi connectivity index (χ0n) is 18.5. The molecule has 2 fully saturated rings. The van der Waals surface area contributed by atoms with E-state index in [1.54, 1.807) is 11.9 Å². The molecule has 0 aliphatic carbocycles. The summed E-state index contributed by atoms with van der Waals surface area (Å²) < 4.78 is 11.2. The smallest absolute Gasteiger partial charge is 0.323 e. The van der Waals surface area contributed by atoms with Gasteiger partial charge in [0.15, 0.2) is 11.6 Å². The molecule has 0 aromatic heterocycles. The molecule has 0 saturated carbocycles. The maximum atomic E-state index is 12.7. The van der Waals surface area contributed by atoms with Crippen molar-refractivity contribution < 1.29 is 28.7 Å². The third-order valence-corrected chi connectivity index (χ3v) is 5.29. The molecule has 2 heterocycles. The lowest BCUT2D eigenvalue weighted by Crippen LogP contribution is -2.48. The largest absolute Gasteiger partial charge is 0.421 e. The molecule has 0 radical (unpaired) electrons. The number of rotatable bonds is 1. The van der Waals surface area contributed by atoms with Crippen molar-refractivity contribution >= 4 is 23.5 Å². The molecule has 10 heteroatoms. The molecular formula is C20H34N4O6. The number of hydrogen-bond acceptors (Lipinski definition) is 10. The van der Waals surface area contributed by atoms with E-state index in [4.69, 9.17) is 9.47 Å². The van der Waals surface area contributed by atoms with E-state index in [0.29, 0.717) is 32.7 Å². The van der Waals surface area contributed by atoms with Gasteiger partial charge in [0, 0.05) is 26.2 Å². The Labute approximate surface area is 178 Å². The Morgan fingerprint density at radius 1 is 0.700 bits per heavy atom. The Kier molecular flexibility index (Phi) is 8.90. The first kappa shape index (κ1) is 24.4. The Morgan fingerprint density at radius 3 is 1.63 bits per heavy atom. The number of esters is 2. The van der Waals surface area contributed by atoms with Crippen LogP contribution < -0.4 is 0 Å².